The van der Waals surface area contributed by atoms with E-state index in [1.807, 2.05) is 44.2 Å². The third-order valence-corrected chi connectivity index (χ3v) is 2.82. The Kier molecular flexibility index (Phi) is 3.33. The molecule has 18 heavy (non-hydrogen) atoms. The molecule has 0 saturated carbocycles. The van der Waals surface area contributed by atoms with E-state index in [0.29, 0.717) is 5.69 Å². The van der Waals surface area contributed by atoms with Crippen molar-refractivity contribution in [2.75, 3.05) is 5.32 Å². The first kappa shape index (κ1) is 12.2. The number of rotatable bonds is 3. The van der Waals surface area contributed by atoms with Gasteiger partial charge in [0, 0.05) is 5.69 Å². The SMILES string of the molecule is Cc1ccc(C(=O)O)c(Nc2ccccc2C)c1. The molecule has 0 saturated heterocycles. The van der Waals surface area contributed by atoms with Crippen LogP contribution in [0.5, 0.6) is 0 Å². The summed E-state index contributed by atoms with van der Waals surface area (Å²) in [5.74, 6) is -0.925. The van der Waals surface area contributed by atoms with Gasteiger partial charge in [-0.05, 0) is 43.2 Å². The lowest BCUT2D eigenvalue weighted by Gasteiger charge is -2.12. The van der Waals surface area contributed by atoms with Crippen LogP contribution in [0.15, 0.2) is 42.5 Å². The van der Waals surface area contributed by atoms with Gasteiger partial charge < -0.3 is 10.4 Å². The summed E-state index contributed by atoms with van der Waals surface area (Å²) in [5.41, 5.74) is 3.93. The number of nitrogens with one attached hydrogen (secondary N) is 1. The van der Waals surface area contributed by atoms with Gasteiger partial charge in [0.1, 0.15) is 0 Å². The zero-order chi connectivity index (χ0) is 13.1. The maximum atomic E-state index is 11.2. The Bertz CT molecular complexity index is 591. The fourth-order valence-electron chi connectivity index (χ4n) is 1.81. The van der Waals surface area contributed by atoms with Crippen LogP contribution in [0.4, 0.5) is 11.4 Å². The van der Waals surface area contributed by atoms with E-state index in [2.05, 4.69) is 5.32 Å². The second kappa shape index (κ2) is 4.92. The van der Waals surface area contributed by atoms with E-state index < -0.39 is 5.97 Å². The lowest BCUT2D eigenvalue weighted by atomic mass is 10.1. The maximum absolute atomic E-state index is 11.2. The van der Waals surface area contributed by atoms with Crippen molar-refractivity contribution in [2.45, 2.75) is 13.8 Å². The van der Waals surface area contributed by atoms with Gasteiger partial charge in [-0.25, -0.2) is 4.79 Å². The molecule has 0 fully saturated rings. The topological polar surface area (TPSA) is 49.3 Å². The predicted molar refractivity (Wildman–Crippen MR) is 72.6 cm³/mol. The number of anilines is 2. The Balaban J connectivity index is 2.42. The van der Waals surface area contributed by atoms with Crippen LogP contribution in [0.1, 0.15) is 21.5 Å². The molecule has 0 aromatic heterocycles. The third kappa shape index (κ3) is 2.51. The van der Waals surface area contributed by atoms with Crippen LogP contribution in [0, 0.1) is 13.8 Å². The van der Waals surface area contributed by atoms with E-state index in [1.54, 1.807) is 12.1 Å². The fourth-order valence-corrected chi connectivity index (χ4v) is 1.81. The highest BCUT2D eigenvalue weighted by Crippen LogP contribution is 2.24. The van der Waals surface area contributed by atoms with Crippen molar-refractivity contribution in [3.05, 3.63) is 59.2 Å². The summed E-state index contributed by atoms with van der Waals surface area (Å²) in [7, 11) is 0. The zero-order valence-corrected chi connectivity index (χ0v) is 10.4. The lowest BCUT2D eigenvalue weighted by molar-refractivity contribution is 0.0698. The first-order valence-electron chi connectivity index (χ1n) is 5.74. The molecule has 3 nitrogen and oxygen atoms in total. The molecule has 92 valence electrons. The van der Waals surface area contributed by atoms with Crippen molar-refractivity contribution < 1.29 is 9.90 Å². The average Bonchev–Trinajstić information content (AvgIpc) is 2.32. The highest BCUT2D eigenvalue weighted by Gasteiger charge is 2.10. The molecule has 0 amide bonds. The normalized spacial score (nSPS) is 10.1. The molecule has 0 aliphatic rings. The Morgan fingerprint density at radius 3 is 2.44 bits per heavy atom. The Morgan fingerprint density at radius 2 is 1.78 bits per heavy atom. The van der Waals surface area contributed by atoms with Crippen LogP contribution in [0.2, 0.25) is 0 Å². The minimum Gasteiger partial charge on any atom is -0.478 e. The molecule has 2 aromatic carbocycles. The standard InChI is InChI=1S/C15H15NO2/c1-10-7-8-12(15(17)18)14(9-10)16-13-6-4-3-5-11(13)2/h3-9,16H,1-2H3,(H,17,18). The quantitative estimate of drug-likeness (QED) is 0.860. The maximum Gasteiger partial charge on any atom is 0.337 e. The smallest absolute Gasteiger partial charge is 0.337 e. The summed E-state index contributed by atoms with van der Waals surface area (Å²) in [6, 6.07) is 13.1. The second-order valence-electron chi connectivity index (χ2n) is 4.29. The van der Waals surface area contributed by atoms with Gasteiger partial charge in [-0.2, -0.15) is 0 Å². The predicted octanol–water partition coefficient (Wildman–Crippen LogP) is 3.75. The number of carboxylic acid groups (broad SMARTS) is 1. The summed E-state index contributed by atoms with van der Waals surface area (Å²) < 4.78 is 0. The monoisotopic (exact) mass is 241 g/mol. The van der Waals surface area contributed by atoms with Crippen LogP contribution in [0.3, 0.4) is 0 Å². The number of aromatic carboxylic acids is 1. The van der Waals surface area contributed by atoms with E-state index in [4.69, 9.17) is 5.11 Å². The highest BCUT2D eigenvalue weighted by molar-refractivity contribution is 5.95. The van der Waals surface area contributed by atoms with Crippen LogP contribution in [0.25, 0.3) is 0 Å². The molecule has 0 unspecified atom stereocenters. The van der Waals surface area contributed by atoms with Gasteiger partial charge in [-0.1, -0.05) is 24.3 Å². The van der Waals surface area contributed by atoms with Gasteiger partial charge in [-0.15, -0.1) is 0 Å². The van der Waals surface area contributed by atoms with Gasteiger partial charge in [0.15, 0.2) is 0 Å². The Labute approximate surface area is 106 Å². The van der Waals surface area contributed by atoms with E-state index in [1.165, 1.54) is 0 Å². The van der Waals surface area contributed by atoms with Crippen molar-refractivity contribution in [1.82, 2.24) is 0 Å². The molecule has 0 aliphatic heterocycles. The number of para-hydroxylation sites is 1. The molecule has 0 radical (unpaired) electrons. The largest absolute Gasteiger partial charge is 0.478 e. The summed E-state index contributed by atoms with van der Waals surface area (Å²) in [4.78, 5) is 11.2. The van der Waals surface area contributed by atoms with E-state index in [9.17, 15) is 4.79 Å². The average molecular weight is 241 g/mol. The number of aryl methyl sites for hydroxylation is 2. The number of carboxylic acids is 1. The van der Waals surface area contributed by atoms with E-state index >= 15 is 0 Å². The highest BCUT2D eigenvalue weighted by atomic mass is 16.4. The van der Waals surface area contributed by atoms with Crippen molar-refractivity contribution in [3.63, 3.8) is 0 Å². The molecule has 3 heteroatoms. The molecule has 2 aromatic rings. The molecule has 0 spiro atoms. The minimum absolute atomic E-state index is 0.281. The fraction of sp³-hybridized carbons (Fsp3) is 0.133. The molecular weight excluding hydrogens is 226 g/mol. The summed E-state index contributed by atoms with van der Waals surface area (Å²) >= 11 is 0. The van der Waals surface area contributed by atoms with Crippen LogP contribution in [-0.4, -0.2) is 11.1 Å². The second-order valence-corrected chi connectivity index (χ2v) is 4.29. The van der Waals surface area contributed by atoms with Crippen LogP contribution in [-0.2, 0) is 0 Å². The molecule has 0 bridgehead atoms. The summed E-state index contributed by atoms with van der Waals surface area (Å²) in [6.07, 6.45) is 0. The van der Waals surface area contributed by atoms with Gasteiger partial charge in [0.05, 0.1) is 11.3 Å². The van der Waals surface area contributed by atoms with Crippen molar-refractivity contribution in [3.8, 4) is 0 Å². The Morgan fingerprint density at radius 1 is 1.06 bits per heavy atom. The molecule has 2 rings (SSSR count). The number of carbonyl (C=O) groups is 1. The summed E-state index contributed by atoms with van der Waals surface area (Å²) in [6.45, 7) is 3.92. The number of benzene rings is 2. The number of hydrogen-bond acceptors (Lipinski definition) is 2. The van der Waals surface area contributed by atoms with Crippen LogP contribution < -0.4 is 5.32 Å². The van der Waals surface area contributed by atoms with Gasteiger partial charge in [0.25, 0.3) is 0 Å². The van der Waals surface area contributed by atoms with E-state index in [0.717, 1.165) is 16.8 Å². The van der Waals surface area contributed by atoms with Gasteiger partial charge in [-0.3, -0.25) is 0 Å². The minimum atomic E-state index is -0.925. The first-order chi connectivity index (χ1) is 8.58. The van der Waals surface area contributed by atoms with Gasteiger partial charge >= 0.3 is 5.97 Å². The molecule has 0 aliphatic carbocycles. The Hall–Kier alpha value is -2.29. The number of hydrogen-bond donors (Lipinski definition) is 2. The zero-order valence-electron chi connectivity index (χ0n) is 10.4. The lowest BCUT2D eigenvalue weighted by Crippen LogP contribution is -2.03. The van der Waals surface area contributed by atoms with Crippen molar-refractivity contribution in [1.29, 1.82) is 0 Å². The molecule has 0 atom stereocenters. The third-order valence-electron chi connectivity index (χ3n) is 2.82. The summed E-state index contributed by atoms with van der Waals surface area (Å²) in [5, 5.41) is 12.3. The first-order valence-corrected chi connectivity index (χ1v) is 5.74. The van der Waals surface area contributed by atoms with Crippen molar-refractivity contribution in [2.24, 2.45) is 0 Å². The molecule has 0 heterocycles. The van der Waals surface area contributed by atoms with E-state index in [-0.39, 0.29) is 5.56 Å². The van der Waals surface area contributed by atoms with Gasteiger partial charge in [0.2, 0.25) is 0 Å². The molecule has 2 N–H and O–H groups in total. The molecular formula is C15H15NO2. The van der Waals surface area contributed by atoms with Crippen molar-refractivity contribution >= 4 is 17.3 Å². The van der Waals surface area contributed by atoms with Crippen LogP contribution >= 0.6 is 0 Å².